The molecule has 0 amide bonds. The van der Waals surface area contributed by atoms with Gasteiger partial charge in [-0.1, -0.05) is 0 Å². The summed E-state index contributed by atoms with van der Waals surface area (Å²) in [6, 6.07) is 0.386. The molecule has 0 aromatic heterocycles. The fourth-order valence-corrected chi connectivity index (χ4v) is 2.40. The zero-order chi connectivity index (χ0) is 12.1. The lowest BCUT2D eigenvalue weighted by molar-refractivity contribution is -0.118. The topological polar surface area (TPSA) is 23.6 Å². The highest BCUT2D eigenvalue weighted by molar-refractivity contribution is 5.76. The molecular formula is C13H26N2O. The van der Waals surface area contributed by atoms with E-state index in [9.17, 15) is 4.79 Å². The molecule has 1 saturated heterocycles. The standard InChI is InChI=1S/C13H26N2O/c1-11(9-12(2)16)15(4)10-13-5-7-14(3)8-6-13/h11,13H,5-10H2,1-4H3. The summed E-state index contributed by atoms with van der Waals surface area (Å²) in [5.74, 6) is 1.11. The lowest BCUT2D eigenvalue weighted by atomic mass is 9.96. The van der Waals surface area contributed by atoms with Crippen molar-refractivity contribution in [2.45, 2.75) is 39.2 Å². The Balaban J connectivity index is 2.27. The van der Waals surface area contributed by atoms with Crippen LogP contribution in [-0.4, -0.2) is 55.4 Å². The smallest absolute Gasteiger partial charge is 0.131 e. The summed E-state index contributed by atoms with van der Waals surface area (Å²) >= 11 is 0. The number of piperidine rings is 1. The van der Waals surface area contributed by atoms with Crippen LogP contribution in [0.2, 0.25) is 0 Å². The van der Waals surface area contributed by atoms with Gasteiger partial charge in [0.05, 0.1) is 0 Å². The molecule has 16 heavy (non-hydrogen) atoms. The molecule has 0 radical (unpaired) electrons. The molecule has 1 fully saturated rings. The maximum atomic E-state index is 11.1. The van der Waals surface area contributed by atoms with Gasteiger partial charge in [0.1, 0.15) is 5.78 Å². The van der Waals surface area contributed by atoms with Crippen molar-refractivity contribution in [1.29, 1.82) is 0 Å². The Morgan fingerprint density at radius 3 is 2.50 bits per heavy atom. The van der Waals surface area contributed by atoms with Gasteiger partial charge in [-0.05, 0) is 59.8 Å². The van der Waals surface area contributed by atoms with Crippen LogP contribution in [0.5, 0.6) is 0 Å². The Morgan fingerprint density at radius 2 is 2.00 bits per heavy atom. The van der Waals surface area contributed by atoms with Crippen LogP contribution in [0.3, 0.4) is 0 Å². The number of carbonyl (C=O) groups excluding carboxylic acids is 1. The first-order chi connectivity index (χ1) is 7.49. The van der Waals surface area contributed by atoms with Gasteiger partial charge < -0.3 is 9.80 Å². The van der Waals surface area contributed by atoms with Crippen molar-refractivity contribution in [3.05, 3.63) is 0 Å². The first-order valence-electron chi connectivity index (χ1n) is 6.37. The van der Waals surface area contributed by atoms with Crippen LogP contribution in [-0.2, 0) is 4.79 Å². The van der Waals surface area contributed by atoms with Gasteiger partial charge in [0.15, 0.2) is 0 Å². The van der Waals surface area contributed by atoms with Crippen LogP contribution in [0, 0.1) is 5.92 Å². The summed E-state index contributed by atoms with van der Waals surface area (Å²) in [6.45, 7) is 7.41. The fourth-order valence-electron chi connectivity index (χ4n) is 2.40. The molecule has 0 aromatic carbocycles. The second-order valence-corrected chi connectivity index (χ2v) is 5.44. The Hall–Kier alpha value is -0.410. The molecular weight excluding hydrogens is 200 g/mol. The molecule has 1 aliphatic heterocycles. The molecule has 0 aliphatic carbocycles. The summed E-state index contributed by atoms with van der Waals surface area (Å²) in [5, 5.41) is 0. The van der Waals surface area contributed by atoms with Crippen molar-refractivity contribution in [2.75, 3.05) is 33.7 Å². The number of ketones is 1. The molecule has 94 valence electrons. The lowest BCUT2D eigenvalue weighted by Crippen LogP contribution is -2.39. The van der Waals surface area contributed by atoms with Gasteiger partial charge >= 0.3 is 0 Å². The summed E-state index contributed by atoms with van der Waals surface area (Å²) in [5.41, 5.74) is 0. The van der Waals surface area contributed by atoms with Gasteiger partial charge in [-0.2, -0.15) is 0 Å². The van der Waals surface area contributed by atoms with Crippen LogP contribution < -0.4 is 0 Å². The molecule has 1 heterocycles. The van der Waals surface area contributed by atoms with Gasteiger partial charge in [-0.3, -0.25) is 4.79 Å². The van der Waals surface area contributed by atoms with E-state index in [1.54, 1.807) is 6.92 Å². The fraction of sp³-hybridized carbons (Fsp3) is 0.923. The van der Waals surface area contributed by atoms with Crippen molar-refractivity contribution < 1.29 is 4.79 Å². The number of hydrogen-bond donors (Lipinski definition) is 0. The van der Waals surface area contributed by atoms with Crippen molar-refractivity contribution in [3.8, 4) is 0 Å². The summed E-state index contributed by atoms with van der Waals surface area (Å²) in [7, 11) is 4.34. The van der Waals surface area contributed by atoms with Gasteiger partial charge in [-0.25, -0.2) is 0 Å². The largest absolute Gasteiger partial charge is 0.306 e. The molecule has 1 rings (SSSR count). The molecule has 0 aromatic rings. The highest BCUT2D eigenvalue weighted by Crippen LogP contribution is 2.18. The molecule has 0 saturated carbocycles. The van der Waals surface area contributed by atoms with Crippen molar-refractivity contribution in [1.82, 2.24) is 9.80 Å². The van der Waals surface area contributed by atoms with E-state index < -0.39 is 0 Å². The summed E-state index contributed by atoms with van der Waals surface area (Å²) in [6.07, 6.45) is 3.28. The number of carbonyl (C=O) groups is 1. The van der Waals surface area contributed by atoms with Gasteiger partial charge in [0.2, 0.25) is 0 Å². The molecule has 1 unspecified atom stereocenters. The SMILES string of the molecule is CC(=O)CC(C)N(C)CC1CCN(C)CC1. The second kappa shape index (κ2) is 6.36. The molecule has 0 N–H and O–H groups in total. The van der Waals surface area contributed by atoms with E-state index in [0.29, 0.717) is 18.2 Å². The first kappa shape index (κ1) is 13.7. The first-order valence-corrected chi connectivity index (χ1v) is 6.37. The van der Waals surface area contributed by atoms with E-state index in [2.05, 4.69) is 30.8 Å². The van der Waals surface area contributed by atoms with Crippen LogP contribution in [0.1, 0.15) is 33.1 Å². The van der Waals surface area contributed by atoms with Crippen molar-refractivity contribution in [3.63, 3.8) is 0 Å². The average molecular weight is 226 g/mol. The zero-order valence-corrected chi connectivity index (χ0v) is 11.2. The number of likely N-dealkylation sites (tertiary alicyclic amines) is 1. The van der Waals surface area contributed by atoms with Gasteiger partial charge in [-0.15, -0.1) is 0 Å². The van der Waals surface area contributed by atoms with E-state index in [0.717, 1.165) is 12.5 Å². The number of hydrogen-bond acceptors (Lipinski definition) is 3. The summed E-state index contributed by atoms with van der Waals surface area (Å²) in [4.78, 5) is 15.8. The Labute approximate surface area is 99.8 Å². The Kier molecular flexibility index (Phi) is 5.42. The van der Waals surface area contributed by atoms with E-state index in [-0.39, 0.29) is 0 Å². The minimum Gasteiger partial charge on any atom is -0.306 e. The molecule has 1 aliphatic rings. The van der Waals surface area contributed by atoms with Crippen molar-refractivity contribution >= 4 is 5.78 Å². The quantitative estimate of drug-likeness (QED) is 0.712. The average Bonchev–Trinajstić information content (AvgIpc) is 2.20. The predicted molar refractivity (Wildman–Crippen MR) is 67.6 cm³/mol. The highest BCUT2D eigenvalue weighted by atomic mass is 16.1. The molecule has 1 atom stereocenters. The minimum absolute atomic E-state index is 0.294. The maximum absolute atomic E-state index is 11.1. The van der Waals surface area contributed by atoms with E-state index >= 15 is 0 Å². The normalized spacial score (nSPS) is 21.3. The third kappa shape index (κ3) is 4.62. The van der Waals surface area contributed by atoms with E-state index in [1.165, 1.54) is 25.9 Å². The number of nitrogens with zero attached hydrogens (tertiary/aromatic N) is 2. The maximum Gasteiger partial charge on any atom is 0.131 e. The monoisotopic (exact) mass is 226 g/mol. The molecule has 0 bridgehead atoms. The number of Topliss-reactive ketones (excluding diaryl/α,β-unsaturated/α-hetero) is 1. The minimum atomic E-state index is 0.294. The van der Waals surface area contributed by atoms with Gasteiger partial charge in [0.25, 0.3) is 0 Å². The van der Waals surface area contributed by atoms with Crippen LogP contribution >= 0.6 is 0 Å². The predicted octanol–water partition coefficient (Wildman–Crippen LogP) is 1.63. The number of rotatable bonds is 5. The lowest BCUT2D eigenvalue weighted by Gasteiger charge is -2.33. The molecule has 3 heteroatoms. The third-order valence-electron chi connectivity index (χ3n) is 3.72. The van der Waals surface area contributed by atoms with E-state index in [1.807, 2.05) is 0 Å². The van der Waals surface area contributed by atoms with Crippen LogP contribution in [0.4, 0.5) is 0 Å². The van der Waals surface area contributed by atoms with E-state index in [4.69, 9.17) is 0 Å². The Bertz CT molecular complexity index is 222. The summed E-state index contributed by atoms with van der Waals surface area (Å²) < 4.78 is 0. The van der Waals surface area contributed by atoms with Crippen LogP contribution in [0.15, 0.2) is 0 Å². The highest BCUT2D eigenvalue weighted by Gasteiger charge is 2.20. The van der Waals surface area contributed by atoms with Crippen molar-refractivity contribution in [2.24, 2.45) is 5.92 Å². The Morgan fingerprint density at radius 1 is 1.44 bits per heavy atom. The zero-order valence-electron chi connectivity index (χ0n) is 11.2. The van der Waals surface area contributed by atoms with Gasteiger partial charge in [0, 0.05) is 19.0 Å². The molecule has 0 spiro atoms. The third-order valence-corrected chi connectivity index (χ3v) is 3.72. The van der Waals surface area contributed by atoms with Crippen LogP contribution in [0.25, 0.3) is 0 Å². The second-order valence-electron chi connectivity index (χ2n) is 5.44. The molecule has 3 nitrogen and oxygen atoms in total.